The Morgan fingerprint density at radius 3 is 2.46 bits per heavy atom. The molecule has 0 saturated heterocycles. The summed E-state index contributed by atoms with van der Waals surface area (Å²) in [5, 5.41) is -0.0450. The van der Waals surface area contributed by atoms with E-state index < -0.39 is 11.6 Å². The minimum atomic E-state index is -0.564. The summed E-state index contributed by atoms with van der Waals surface area (Å²) in [6, 6.07) is 2.13. The zero-order valence-electron chi connectivity index (χ0n) is 7.23. The van der Waals surface area contributed by atoms with Gasteiger partial charge in [-0.15, -0.1) is 0 Å². The van der Waals surface area contributed by atoms with Crippen molar-refractivity contribution in [1.29, 1.82) is 0 Å². The summed E-state index contributed by atoms with van der Waals surface area (Å²) in [5.41, 5.74) is 0.237. The molecule has 1 aromatic rings. The number of hydrogen-bond acceptors (Lipinski definition) is 2. The largest absolute Gasteiger partial charge is 0.486 e. The maximum Gasteiger partial charge on any atom is 0.193 e. The molecule has 0 amide bonds. The van der Waals surface area contributed by atoms with Crippen LogP contribution >= 0.6 is 12.2 Å². The second-order valence-corrected chi connectivity index (χ2v) is 2.94. The molecule has 0 aliphatic rings. The zero-order valence-corrected chi connectivity index (χ0v) is 8.04. The maximum atomic E-state index is 13.1. The summed E-state index contributed by atoms with van der Waals surface area (Å²) in [6.07, 6.45) is 0. The summed E-state index contributed by atoms with van der Waals surface area (Å²) in [7, 11) is 1.32. The lowest BCUT2D eigenvalue weighted by atomic mass is 10.1. The average Bonchev–Trinajstić information content (AvgIpc) is 2.10. The van der Waals surface area contributed by atoms with Gasteiger partial charge in [-0.05, 0) is 36.8 Å². The highest BCUT2D eigenvalue weighted by molar-refractivity contribution is 7.80. The van der Waals surface area contributed by atoms with Gasteiger partial charge in [0.2, 0.25) is 0 Å². The molecule has 0 aromatic heterocycles. The van der Waals surface area contributed by atoms with Crippen LogP contribution in [0.15, 0.2) is 12.1 Å². The lowest BCUT2D eigenvalue weighted by Crippen LogP contribution is -2.04. The topological polar surface area (TPSA) is 9.23 Å². The highest BCUT2D eigenvalue weighted by atomic mass is 32.1. The van der Waals surface area contributed by atoms with Gasteiger partial charge in [0.25, 0.3) is 0 Å². The fourth-order valence-electron chi connectivity index (χ4n) is 0.913. The first-order chi connectivity index (χ1) is 6.06. The average molecular weight is 202 g/mol. The van der Waals surface area contributed by atoms with Crippen molar-refractivity contribution in [3.8, 4) is 0 Å². The van der Waals surface area contributed by atoms with Gasteiger partial charge in [-0.2, -0.15) is 0 Å². The predicted molar refractivity (Wildman–Crippen MR) is 49.8 cm³/mol. The summed E-state index contributed by atoms with van der Waals surface area (Å²) in [5.74, 6) is -1.05. The Bertz CT molecular complexity index is 350. The molecule has 13 heavy (non-hydrogen) atoms. The van der Waals surface area contributed by atoms with Crippen molar-refractivity contribution >= 4 is 17.3 Å². The van der Waals surface area contributed by atoms with E-state index >= 15 is 0 Å². The first kappa shape index (κ1) is 10.1. The minimum Gasteiger partial charge on any atom is -0.486 e. The Morgan fingerprint density at radius 2 is 1.92 bits per heavy atom. The Hall–Kier alpha value is -1.03. The van der Waals surface area contributed by atoms with Crippen LogP contribution in [0.25, 0.3) is 0 Å². The lowest BCUT2D eigenvalue weighted by molar-refractivity contribution is 0.413. The number of hydrogen-bond donors (Lipinski definition) is 0. The molecule has 0 atom stereocenters. The molecule has 0 aliphatic heterocycles. The third-order valence-electron chi connectivity index (χ3n) is 1.65. The summed E-state index contributed by atoms with van der Waals surface area (Å²) in [4.78, 5) is 0. The molecular formula is C9H8F2OS. The summed E-state index contributed by atoms with van der Waals surface area (Å²) in [6.45, 7) is 1.48. The van der Waals surface area contributed by atoms with Crippen LogP contribution in [0.3, 0.4) is 0 Å². The summed E-state index contributed by atoms with van der Waals surface area (Å²) < 4.78 is 30.7. The number of aryl methyl sites for hydroxylation is 1. The van der Waals surface area contributed by atoms with E-state index in [1.807, 2.05) is 0 Å². The molecule has 1 nitrogen and oxygen atoms in total. The van der Waals surface area contributed by atoms with Gasteiger partial charge in [0, 0.05) is 0 Å². The number of methoxy groups -OCH3 is 1. The Balaban J connectivity index is 3.23. The van der Waals surface area contributed by atoms with E-state index in [1.54, 1.807) is 0 Å². The molecular weight excluding hydrogens is 194 g/mol. The molecule has 0 spiro atoms. The maximum absolute atomic E-state index is 13.1. The van der Waals surface area contributed by atoms with Gasteiger partial charge in [-0.1, -0.05) is 0 Å². The smallest absolute Gasteiger partial charge is 0.193 e. The van der Waals surface area contributed by atoms with E-state index in [0.29, 0.717) is 0 Å². The Kier molecular flexibility index (Phi) is 2.93. The number of benzene rings is 1. The molecule has 0 radical (unpaired) electrons. The van der Waals surface area contributed by atoms with Crippen molar-refractivity contribution in [2.24, 2.45) is 0 Å². The minimum absolute atomic E-state index is 0.0133. The number of rotatable bonds is 1. The van der Waals surface area contributed by atoms with E-state index in [2.05, 4.69) is 17.0 Å². The van der Waals surface area contributed by atoms with Crippen molar-refractivity contribution in [3.05, 3.63) is 34.9 Å². The monoisotopic (exact) mass is 202 g/mol. The van der Waals surface area contributed by atoms with Gasteiger partial charge in [0.15, 0.2) is 5.05 Å². The van der Waals surface area contributed by atoms with E-state index in [1.165, 1.54) is 14.0 Å². The van der Waals surface area contributed by atoms with Gasteiger partial charge in [-0.3, -0.25) is 0 Å². The molecule has 0 aliphatic carbocycles. The molecule has 0 bridgehead atoms. The van der Waals surface area contributed by atoms with Crippen molar-refractivity contribution in [2.45, 2.75) is 6.92 Å². The standard InChI is InChI=1S/C9H8F2OS/c1-5-3-8(11)6(4-7(5)10)9(13)12-2/h3-4H,1-2H3. The Morgan fingerprint density at radius 1 is 1.31 bits per heavy atom. The first-order valence-electron chi connectivity index (χ1n) is 3.60. The van der Waals surface area contributed by atoms with Crippen LogP contribution in [-0.2, 0) is 4.74 Å². The molecule has 0 fully saturated rings. The van der Waals surface area contributed by atoms with E-state index in [4.69, 9.17) is 0 Å². The van der Waals surface area contributed by atoms with Gasteiger partial charge in [0.1, 0.15) is 11.6 Å². The van der Waals surface area contributed by atoms with Crippen LogP contribution < -0.4 is 0 Å². The molecule has 1 rings (SSSR count). The summed E-state index contributed by atoms with van der Waals surface area (Å²) >= 11 is 4.68. The van der Waals surface area contributed by atoms with Crippen LogP contribution in [0.4, 0.5) is 8.78 Å². The molecule has 0 saturated carbocycles. The van der Waals surface area contributed by atoms with Crippen molar-refractivity contribution in [1.82, 2.24) is 0 Å². The second-order valence-electron chi connectivity index (χ2n) is 2.57. The zero-order chi connectivity index (χ0) is 10.0. The molecule has 0 unspecified atom stereocenters. The predicted octanol–water partition coefficient (Wildman–Crippen LogP) is 2.60. The Labute approximate surface area is 80.3 Å². The fraction of sp³-hybridized carbons (Fsp3) is 0.222. The normalized spacial score (nSPS) is 9.85. The lowest BCUT2D eigenvalue weighted by Gasteiger charge is -2.05. The van der Waals surface area contributed by atoms with Gasteiger partial charge < -0.3 is 4.74 Å². The number of ether oxygens (including phenoxy) is 1. The van der Waals surface area contributed by atoms with E-state index in [-0.39, 0.29) is 16.2 Å². The van der Waals surface area contributed by atoms with Crippen LogP contribution in [0.5, 0.6) is 0 Å². The quantitative estimate of drug-likeness (QED) is 0.647. The fourth-order valence-corrected chi connectivity index (χ4v) is 1.07. The number of halogens is 2. The molecule has 0 heterocycles. The van der Waals surface area contributed by atoms with Crippen LogP contribution in [-0.4, -0.2) is 12.2 Å². The SMILES string of the molecule is COC(=S)c1cc(F)c(C)cc1F. The first-order valence-corrected chi connectivity index (χ1v) is 4.01. The van der Waals surface area contributed by atoms with Crippen LogP contribution in [0, 0.1) is 18.6 Å². The van der Waals surface area contributed by atoms with Crippen LogP contribution in [0.1, 0.15) is 11.1 Å². The number of thiocarbonyl (C=S) groups is 1. The van der Waals surface area contributed by atoms with Gasteiger partial charge in [0.05, 0.1) is 12.7 Å². The third-order valence-corrected chi connectivity index (χ3v) is 2.04. The van der Waals surface area contributed by atoms with E-state index in [0.717, 1.165) is 12.1 Å². The van der Waals surface area contributed by atoms with Gasteiger partial charge >= 0.3 is 0 Å². The van der Waals surface area contributed by atoms with E-state index in [9.17, 15) is 8.78 Å². The second kappa shape index (κ2) is 3.79. The van der Waals surface area contributed by atoms with Crippen molar-refractivity contribution in [2.75, 3.05) is 7.11 Å². The third kappa shape index (κ3) is 2.01. The highest BCUT2D eigenvalue weighted by Crippen LogP contribution is 2.15. The highest BCUT2D eigenvalue weighted by Gasteiger charge is 2.11. The molecule has 4 heteroatoms. The molecule has 1 aromatic carbocycles. The van der Waals surface area contributed by atoms with Gasteiger partial charge in [-0.25, -0.2) is 8.78 Å². The van der Waals surface area contributed by atoms with Crippen molar-refractivity contribution in [3.63, 3.8) is 0 Å². The van der Waals surface area contributed by atoms with Crippen molar-refractivity contribution < 1.29 is 13.5 Å². The molecule has 70 valence electrons. The van der Waals surface area contributed by atoms with Crippen LogP contribution in [0.2, 0.25) is 0 Å². The molecule has 0 N–H and O–H groups in total.